The highest BCUT2D eigenvalue weighted by Gasteiger charge is 2.17. The van der Waals surface area contributed by atoms with E-state index in [2.05, 4.69) is 18.9 Å². The van der Waals surface area contributed by atoms with Crippen LogP contribution in [-0.2, 0) is 13.0 Å². The lowest BCUT2D eigenvalue weighted by atomic mass is 10.1. The van der Waals surface area contributed by atoms with Gasteiger partial charge in [0.05, 0.1) is 24.6 Å². The lowest BCUT2D eigenvalue weighted by Crippen LogP contribution is -2.00. The molecule has 2 rings (SSSR count). The van der Waals surface area contributed by atoms with Gasteiger partial charge >= 0.3 is 0 Å². The standard InChI is InChI=1S/C16H21ClN2O2/c1-4-21-13-7-5-12(6-8-13)19-16(17)14(10-20)15(18-19)9-11(2)3/h5-8,11,20H,4,9-10H2,1-3H3. The van der Waals surface area contributed by atoms with Gasteiger partial charge in [-0.25, -0.2) is 4.68 Å². The third-order valence-electron chi connectivity index (χ3n) is 3.16. The summed E-state index contributed by atoms with van der Waals surface area (Å²) in [7, 11) is 0. The summed E-state index contributed by atoms with van der Waals surface area (Å²) < 4.78 is 7.09. The molecule has 0 amide bonds. The van der Waals surface area contributed by atoms with Gasteiger partial charge in [0.15, 0.2) is 0 Å². The average Bonchev–Trinajstić information content (AvgIpc) is 2.75. The molecule has 5 heteroatoms. The van der Waals surface area contributed by atoms with Crippen LogP contribution in [0.4, 0.5) is 0 Å². The third kappa shape index (κ3) is 3.57. The minimum absolute atomic E-state index is 0.0993. The molecule has 4 nitrogen and oxygen atoms in total. The van der Waals surface area contributed by atoms with Crippen LogP contribution in [0.25, 0.3) is 5.69 Å². The van der Waals surface area contributed by atoms with E-state index in [1.807, 2.05) is 31.2 Å². The van der Waals surface area contributed by atoms with Crippen molar-refractivity contribution in [3.63, 3.8) is 0 Å². The molecule has 0 atom stereocenters. The molecule has 1 aromatic heterocycles. The predicted octanol–water partition coefficient (Wildman–Crippen LogP) is 3.62. The summed E-state index contributed by atoms with van der Waals surface area (Å²) in [5.41, 5.74) is 2.42. The van der Waals surface area contributed by atoms with Gasteiger partial charge in [-0.05, 0) is 43.5 Å². The highest BCUT2D eigenvalue weighted by molar-refractivity contribution is 6.30. The number of aliphatic hydroxyl groups is 1. The average molecular weight is 309 g/mol. The summed E-state index contributed by atoms with van der Waals surface area (Å²) in [5, 5.41) is 14.5. The molecule has 0 bridgehead atoms. The van der Waals surface area contributed by atoms with E-state index in [1.54, 1.807) is 4.68 Å². The fourth-order valence-corrected chi connectivity index (χ4v) is 2.50. The number of halogens is 1. The minimum atomic E-state index is -0.0993. The second-order valence-electron chi connectivity index (χ2n) is 5.31. The van der Waals surface area contributed by atoms with Gasteiger partial charge in [-0.2, -0.15) is 5.10 Å². The molecule has 0 spiro atoms. The molecule has 0 radical (unpaired) electrons. The zero-order valence-corrected chi connectivity index (χ0v) is 13.4. The van der Waals surface area contributed by atoms with Crippen molar-refractivity contribution in [1.82, 2.24) is 9.78 Å². The molecule has 0 saturated heterocycles. The Kier molecular flexibility index (Phi) is 5.26. The van der Waals surface area contributed by atoms with Crippen molar-refractivity contribution in [2.75, 3.05) is 6.61 Å². The summed E-state index contributed by atoms with van der Waals surface area (Å²) in [6.45, 7) is 6.72. The molecule has 21 heavy (non-hydrogen) atoms. The van der Waals surface area contributed by atoms with Gasteiger partial charge in [-0.15, -0.1) is 0 Å². The first-order chi connectivity index (χ1) is 10.1. The molecule has 1 aromatic carbocycles. The zero-order chi connectivity index (χ0) is 15.4. The molecular weight excluding hydrogens is 288 g/mol. The Hall–Kier alpha value is -1.52. The van der Waals surface area contributed by atoms with E-state index >= 15 is 0 Å². The Bertz CT molecular complexity index is 591. The maximum atomic E-state index is 9.53. The first kappa shape index (κ1) is 15.9. The normalized spacial score (nSPS) is 11.1. The van der Waals surface area contributed by atoms with E-state index in [-0.39, 0.29) is 6.61 Å². The van der Waals surface area contributed by atoms with Crippen LogP contribution in [0.15, 0.2) is 24.3 Å². The summed E-state index contributed by atoms with van der Waals surface area (Å²) in [6.07, 6.45) is 0.791. The van der Waals surface area contributed by atoms with Gasteiger partial charge < -0.3 is 9.84 Å². The number of hydrogen-bond donors (Lipinski definition) is 1. The van der Waals surface area contributed by atoms with Crippen molar-refractivity contribution in [1.29, 1.82) is 0 Å². The SMILES string of the molecule is CCOc1ccc(-n2nc(CC(C)C)c(CO)c2Cl)cc1. The molecule has 0 fully saturated rings. The van der Waals surface area contributed by atoms with Gasteiger partial charge in [0, 0.05) is 5.56 Å². The zero-order valence-electron chi connectivity index (χ0n) is 12.6. The quantitative estimate of drug-likeness (QED) is 0.886. The molecule has 0 aliphatic rings. The smallest absolute Gasteiger partial charge is 0.138 e. The van der Waals surface area contributed by atoms with Gasteiger partial charge in [-0.1, -0.05) is 25.4 Å². The van der Waals surface area contributed by atoms with Gasteiger partial charge in [0.1, 0.15) is 10.9 Å². The number of aromatic nitrogens is 2. The number of aliphatic hydroxyl groups excluding tert-OH is 1. The molecule has 2 aromatic rings. The first-order valence-electron chi connectivity index (χ1n) is 7.17. The number of ether oxygens (including phenoxy) is 1. The number of benzene rings is 1. The fraction of sp³-hybridized carbons (Fsp3) is 0.438. The topological polar surface area (TPSA) is 47.3 Å². The Morgan fingerprint density at radius 3 is 2.48 bits per heavy atom. The van der Waals surface area contributed by atoms with E-state index in [1.165, 1.54) is 0 Å². The van der Waals surface area contributed by atoms with Crippen LogP contribution in [-0.4, -0.2) is 21.5 Å². The van der Waals surface area contributed by atoms with Gasteiger partial charge in [-0.3, -0.25) is 0 Å². The maximum Gasteiger partial charge on any atom is 0.138 e. The lowest BCUT2D eigenvalue weighted by Gasteiger charge is -2.06. The fourth-order valence-electron chi connectivity index (χ4n) is 2.20. The molecule has 0 aliphatic carbocycles. The van der Waals surface area contributed by atoms with Crippen molar-refractivity contribution in [2.45, 2.75) is 33.8 Å². The van der Waals surface area contributed by atoms with Gasteiger partial charge in [0.25, 0.3) is 0 Å². The Balaban J connectivity index is 2.36. The highest BCUT2D eigenvalue weighted by atomic mass is 35.5. The maximum absolute atomic E-state index is 9.53. The second-order valence-corrected chi connectivity index (χ2v) is 5.67. The molecular formula is C16H21ClN2O2. The molecule has 1 N–H and O–H groups in total. The van der Waals surface area contributed by atoms with E-state index in [4.69, 9.17) is 16.3 Å². The molecule has 0 aliphatic heterocycles. The summed E-state index contributed by atoms with van der Waals surface area (Å²) in [5.74, 6) is 1.27. The van der Waals surface area contributed by atoms with Crippen molar-refractivity contribution in [3.8, 4) is 11.4 Å². The Labute approximate surface area is 130 Å². The molecule has 0 unspecified atom stereocenters. The summed E-state index contributed by atoms with van der Waals surface area (Å²) in [4.78, 5) is 0. The van der Waals surface area contributed by atoms with E-state index in [9.17, 15) is 5.11 Å². The van der Waals surface area contributed by atoms with E-state index in [0.29, 0.717) is 23.2 Å². The van der Waals surface area contributed by atoms with Crippen LogP contribution in [0.2, 0.25) is 5.15 Å². The molecule has 1 heterocycles. The van der Waals surface area contributed by atoms with E-state index in [0.717, 1.165) is 23.6 Å². The number of rotatable bonds is 6. The lowest BCUT2D eigenvalue weighted by molar-refractivity contribution is 0.280. The monoisotopic (exact) mass is 308 g/mol. The van der Waals surface area contributed by atoms with Crippen LogP contribution < -0.4 is 4.74 Å². The summed E-state index contributed by atoms with van der Waals surface area (Å²) >= 11 is 6.36. The molecule has 114 valence electrons. The predicted molar refractivity (Wildman–Crippen MR) is 84.2 cm³/mol. The largest absolute Gasteiger partial charge is 0.494 e. The minimum Gasteiger partial charge on any atom is -0.494 e. The number of hydrogen-bond acceptors (Lipinski definition) is 3. The van der Waals surface area contributed by atoms with E-state index < -0.39 is 0 Å². The van der Waals surface area contributed by atoms with Crippen LogP contribution in [0.5, 0.6) is 5.75 Å². The van der Waals surface area contributed by atoms with Crippen LogP contribution in [0.3, 0.4) is 0 Å². The Morgan fingerprint density at radius 1 is 1.29 bits per heavy atom. The summed E-state index contributed by atoms with van der Waals surface area (Å²) in [6, 6.07) is 7.59. The van der Waals surface area contributed by atoms with Crippen molar-refractivity contribution in [3.05, 3.63) is 40.7 Å². The van der Waals surface area contributed by atoms with Crippen molar-refractivity contribution < 1.29 is 9.84 Å². The van der Waals surface area contributed by atoms with Crippen LogP contribution >= 0.6 is 11.6 Å². The molecule has 0 saturated carbocycles. The van der Waals surface area contributed by atoms with Crippen LogP contribution in [0.1, 0.15) is 32.0 Å². The van der Waals surface area contributed by atoms with Crippen LogP contribution in [0, 0.1) is 5.92 Å². The van der Waals surface area contributed by atoms with Gasteiger partial charge in [0.2, 0.25) is 0 Å². The first-order valence-corrected chi connectivity index (χ1v) is 7.55. The Morgan fingerprint density at radius 2 is 1.95 bits per heavy atom. The number of nitrogens with zero attached hydrogens (tertiary/aromatic N) is 2. The van der Waals surface area contributed by atoms with Crippen molar-refractivity contribution in [2.24, 2.45) is 5.92 Å². The third-order valence-corrected chi connectivity index (χ3v) is 3.54. The highest BCUT2D eigenvalue weighted by Crippen LogP contribution is 2.26. The van der Waals surface area contributed by atoms with Crippen molar-refractivity contribution >= 4 is 11.6 Å². The second kappa shape index (κ2) is 6.96.